The zero-order valence-corrected chi connectivity index (χ0v) is 9.03. The average Bonchev–Trinajstić information content (AvgIpc) is 2.81. The number of anilines is 1. The van der Waals surface area contributed by atoms with Crippen LogP contribution in [-0.2, 0) is 4.79 Å². The molecule has 1 aliphatic heterocycles. The van der Waals surface area contributed by atoms with Crippen LogP contribution in [0.15, 0.2) is 0 Å². The van der Waals surface area contributed by atoms with Gasteiger partial charge in [-0.3, -0.25) is 9.69 Å². The number of amides is 1. The first-order valence-corrected chi connectivity index (χ1v) is 5.06. The minimum atomic E-state index is -0.109. The number of carbonyl (C=O) groups is 1. The van der Waals surface area contributed by atoms with Crippen LogP contribution in [0.2, 0.25) is 0 Å². The van der Waals surface area contributed by atoms with E-state index in [9.17, 15) is 4.79 Å². The molecule has 1 saturated heterocycles. The number of nitrogens with one attached hydrogen (secondary N) is 1. The summed E-state index contributed by atoms with van der Waals surface area (Å²) in [4.78, 5) is 19.5. The van der Waals surface area contributed by atoms with Gasteiger partial charge in [0.2, 0.25) is 11.9 Å². The van der Waals surface area contributed by atoms with Crippen molar-refractivity contribution in [2.24, 2.45) is 0 Å². The van der Waals surface area contributed by atoms with Crippen LogP contribution in [0, 0.1) is 22.7 Å². The number of imidazole rings is 1. The molecule has 80 valence electrons. The molecule has 0 spiro atoms. The van der Waals surface area contributed by atoms with Crippen LogP contribution in [0.1, 0.15) is 17.8 Å². The standard InChI is InChI=1S/C9H7N5OS/c10-2-6-7(3-11)13-9(12-6)14-4-5(16)1-8(14)15/h5,16H,1,4H2,(H,12,13). The Kier molecular flexibility index (Phi) is 2.55. The molecule has 16 heavy (non-hydrogen) atoms. The van der Waals surface area contributed by atoms with Crippen molar-refractivity contribution in [3.05, 3.63) is 11.4 Å². The molecule has 1 unspecified atom stereocenters. The van der Waals surface area contributed by atoms with Gasteiger partial charge in [-0.15, -0.1) is 0 Å². The fourth-order valence-electron chi connectivity index (χ4n) is 1.54. The molecule has 1 atom stereocenters. The van der Waals surface area contributed by atoms with Crippen LogP contribution in [0.4, 0.5) is 5.95 Å². The minimum Gasteiger partial charge on any atom is -0.314 e. The molecule has 0 aliphatic carbocycles. The van der Waals surface area contributed by atoms with Crippen LogP contribution in [0.25, 0.3) is 0 Å². The number of nitriles is 2. The van der Waals surface area contributed by atoms with Crippen molar-refractivity contribution in [3.8, 4) is 12.1 Å². The molecule has 0 aromatic carbocycles. The quantitative estimate of drug-likeness (QED) is 0.676. The maximum Gasteiger partial charge on any atom is 0.230 e. The van der Waals surface area contributed by atoms with Gasteiger partial charge in [0.05, 0.1) is 0 Å². The van der Waals surface area contributed by atoms with E-state index in [0.29, 0.717) is 13.0 Å². The summed E-state index contributed by atoms with van der Waals surface area (Å²) in [6.07, 6.45) is 0.341. The molecule has 6 nitrogen and oxygen atoms in total. The van der Waals surface area contributed by atoms with Crippen molar-refractivity contribution in [2.75, 3.05) is 11.4 Å². The second-order valence-electron chi connectivity index (χ2n) is 3.37. The number of rotatable bonds is 1. The largest absolute Gasteiger partial charge is 0.314 e. The highest BCUT2D eigenvalue weighted by Crippen LogP contribution is 2.22. The number of H-pyrrole nitrogens is 1. The molecule has 1 amide bonds. The van der Waals surface area contributed by atoms with E-state index in [1.165, 1.54) is 4.90 Å². The van der Waals surface area contributed by atoms with Crippen molar-refractivity contribution in [1.29, 1.82) is 10.5 Å². The van der Waals surface area contributed by atoms with E-state index in [1.54, 1.807) is 6.07 Å². The van der Waals surface area contributed by atoms with Gasteiger partial charge in [0.1, 0.15) is 12.1 Å². The van der Waals surface area contributed by atoms with E-state index < -0.39 is 0 Å². The van der Waals surface area contributed by atoms with Crippen molar-refractivity contribution in [3.63, 3.8) is 0 Å². The van der Waals surface area contributed by atoms with Crippen LogP contribution < -0.4 is 4.90 Å². The van der Waals surface area contributed by atoms with Gasteiger partial charge in [-0.25, -0.2) is 4.98 Å². The molecular weight excluding hydrogens is 226 g/mol. The number of aromatic amines is 1. The Labute approximate surface area is 96.9 Å². The lowest BCUT2D eigenvalue weighted by molar-refractivity contribution is -0.117. The number of thiol groups is 1. The summed E-state index contributed by atoms with van der Waals surface area (Å²) in [7, 11) is 0. The summed E-state index contributed by atoms with van der Waals surface area (Å²) in [6, 6.07) is 3.61. The Balaban J connectivity index is 2.36. The number of carbonyl (C=O) groups excluding carboxylic acids is 1. The number of aromatic nitrogens is 2. The Morgan fingerprint density at radius 1 is 1.50 bits per heavy atom. The topological polar surface area (TPSA) is 96.6 Å². The maximum absolute atomic E-state index is 11.5. The molecule has 2 rings (SSSR count). The Bertz CT molecular complexity index is 491. The van der Waals surface area contributed by atoms with Crippen molar-refractivity contribution in [1.82, 2.24) is 9.97 Å². The molecule has 1 fully saturated rings. The SMILES string of the molecule is N#Cc1nc(N2CC(S)CC2=O)[nH]c1C#N. The van der Waals surface area contributed by atoms with Crippen molar-refractivity contribution >= 4 is 24.5 Å². The van der Waals surface area contributed by atoms with Crippen LogP contribution in [0.5, 0.6) is 0 Å². The highest BCUT2D eigenvalue weighted by atomic mass is 32.1. The lowest BCUT2D eigenvalue weighted by atomic mass is 10.4. The zero-order valence-electron chi connectivity index (χ0n) is 8.14. The van der Waals surface area contributed by atoms with E-state index >= 15 is 0 Å². The van der Waals surface area contributed by atoms with Crippen molar-refractivity contribution in [2.45, 2.75) is 11.7 Å². The molecule has 0 bridgehead atoms. The molecule has 2 heterocycles. The summed E-state index contributed by atoms with van der Waals surface area (Å²) in [5, 5.41) is 17.4. The third kappa shape index (κ3) is 1.62. The van der Waals surface area contributed by atoms with Crippen LogP contribution in [0.3, 0.4) is 0 Å². The second kappa shape index (κ2) is 3.87. The monoisotopic (exact) mass is 233 g/mol. The van der Waals surface area contributed by atoms with Gasteiger partial charge in [0, 0.05) is 18.2 Å². The highest BCUT2D eigenvalue weighted by molar-refractivity contribution is 7.81. The van der Waals surface area contributed by atoms with E-state index in [-0.39, 0.29) is 28.5 Å². The molecule has 7 heteroatoms. The van der Waals surface area contributed by atoms with Gasteiger partial charge in [0.25, 0.3) is 0 Å². The number of nitrogens with zero attached hydrogens (tertiary/aromatic N) is 4. The lowest BCUT2D eigenvalue weighted by Gasteiger charge is -2.10. The van der Waals surface area contributed by atoms with Gasteiger partial charge >= 0.3 is 0 Å². The Morgan fingerprint density at radius 3 is 2.69 bits per heavy atom. The molecule has 1 aliphatic rings. The van der Waals surface area contributed by atoms with E-state index in [4.69, 9.17) is 10.5 Å². The van der Waals surface area contributed by atoms with Gasteiger partial charge in [-0.1, -0.05) is 0 Å². The summed E-state index contributed by atoms with van der Waals surface area (Å²) in [5.74, 6) is 0.136. The van der Waals surface area contributed by atoms with Crippen LogP contribution >= 0.6 is 12.6 Å². The molecule has 1 N–H and O–H groups in total. The Morgan fingerprint density at radius 2 is 2.25 bits per heavy atom. The van der Waals surface area contributed by atoms with Gasteiger partial charge in [-0.2, -0.15) is 23.2 Å². The summed E-state index contributed by atoms with van der Waals surface area (Å²) >= 11 is 4.21. The van der Waals surface area contributed by atoms with Crippen molar-refractivity contribution < 1.29 is 4.79 Å². The van der Waals surface area contributed by atoms with Gasteiger partial charge < -0.3 is 4.98 Å². The van der Waals surface area contributed by atoms with E-state index in [1.807, 2.05) is 6.07 Å². The fraction of sp³-hybridized carbons (Fsp3) is 0.333. The average molecular weight is 233 g/mol. The first-order valence-electron chi connectivity index (χ1n) is 4.54. The molecule has 1 aromatic heterocycles. The predicted octanol–water partition coefficient (Wildman–Crippen LogP) is 0.188. The number of hydrogen-bond donors (Lipinski definition) is 2. The van der Waals surface area contributed by atoms with E-state index in [2.05, 4.69) is 22.6 Å². The second-order valence-corrected chi connectivity index (χ2v) is 4.10. The third-order valence-electron chi connectivity index (χ3n) is 2.27. The molecule has 0 radical (unpaired) electrons. The minimum absolute atomic E-state index is 0.00733. The number of hydrogen-bond acceptors (Lipinski definition) is 5. The predicted molar refractivity (Wildman–Crippen MR) is 57.8 cm³/mol. The maximum atomic E-state index is 11.5. The summed E-state index contributed by atoms with van der Waals surface area (Å²) < 4.78 is 0. The van der Waals surface area contributed by atoms with Gasteiger partial charge in [0.15, 0.2) is 11.4 Å². The first-order chi connectivity index (χ1) is 7.65. The van der Waals surface area contributed by atoms with E-state index in [0.717, 1.165) is 0 Å². The third-order valence-corrected chi connectivity index (χ3v) is 2.62. The van der Waals surface area contributed by atoms with Crippen LogP contribution in [-0.4, -0.2) is 27.7 Å². The lowest BCUT2D eigenvalue weighted by Crippen LogP contribution is -2.25. The smallest absolute Gasteiger partial charge is 0.230 e. The fourth-order valence-corrected chi connectivity index (χ4v) is 1.86. The Hall–Kier alpha value is -1.99. The molecule has 1 aromatic rings. The zero-order chi connectivity index (χ0) is 11.7. The molecular formula is C9H7N5OS. The highest BCUT2D eigenvalue weighted by Gasteiger charge is 2.30. The normalized spacial score (nSPS) is 19.6. The first kappa shape index (κ1) is 10.5. The molecule has 0 saturated carbocycles. The van der Waals surface area contributed by atoms with Gasteiger partial charge in [-0.05, 0) is 0 Å². The summed E-state index contributed by atoms with van der Waals surface area (Å²) in [6.45, 7) is 0.436. The summed E-state index contributed by atoms with van der Waals surface area (Å²) in [5.41, 5.74) is 0.0841.